The van der Waals surface area contributed by atoms with E-state index in [9.17, 15) is 5.11 Å². The molecule has 1 heterocycles. The quantitative estimate of drug-likeness (QED) is 0.800. The van der Waals surface area contributed by atoms with Gasteiger partial charge in [0.25, 0.3) is 0 Å². The van der Waals surface area contributed by atoms with Crippen LogP contribution in [0.15, 0.2) is 23.6 Å². The molecule has 2 rings (SSSR count). The fourth-order valence-electron chi connectivity index (χ4n) is 1.72. The van der Waals surface area contributed by atoms with Crippen molar-refractivity contribution in [1.82, 2.24) is 0 Å². The summed E-state index contributed by atoms with van der Waals surface area (Å²) in [6.07, 6.45) is 0.486. The first-order valence-corrected chi connectivity index (χ1v) is 5.70. The number of benzene rings is 1. The molecular weight excluding hydrogens is 192 g/mol. The number of hydrogen-bond donors (Lipinski definition) is 1. The van der Waals surface area contributed by atoms with Crippen molar-refractivity contribution < 1.29 is 5.11 Å². The fourth-order valence-corrected chi connectivity index (χ4v) is 2.80. The van der Waals surface area contributed by atoms with Crippen LogP contribution in [0.3, 0.4) is 0 Å². The lowest BCUT2D eigenvalue weighted by Gasteiger charge is -2.05. The average molecular weight is 206 g/mol. The van der Waals surface area contributed by atoms with Crippen molar-refractivity contribution in [3.8, 4) is 0 Å². The van der Waals surface area contributed by atoms with Crippen molar-refractivity contribution in [1.29, 1.82) is 0 Å². The molecule has 1 N–H and O–H groups in total. The summed E-state index contributed by atoms with van der Waals surface area (Å²) in [5, 5.41) is 12.9. The summed E-state index contributed by atoms with van der Waals surface area (Å²) in [7, 11) is 0. The molecule has 1 atom stereocenters. The third-order valence-corrected chi connectivity index (χ3v) is 3.58. The van der Waals surface area contributed by atoms with Gasteiger partial charge in [-0.2, -0.15) is 0 Å². The molecule has 2 aromatic rings. The van der Waals surface area contributed by atoms with E-state index in [0.717, 1.165) is 6.42 Å². The summed E-state index contributed by atoms with van der Waals surface area (Å²) < 4.78 is 1.32. The Labute approximate surface area is 88.0 Å². The maximum absolute atomic E-state index is 9.38. The van der Waals surface area contributed by atoms with E-state index in [0.29, 0.717) is 0 Å². The van der Waals surface area contributed by atoms with Crippen LogP contribution in [0, 0.1) is 6.92 Å². The third-order valence-electron chi connectivity index (χ3n) is 2.39. The Morgan fingerprint density at radius 3 is 2.93 bits per heavy atom. The first-order valence-electron chi connectivity index (χ1n) is 4.82. The number of aryl methyl sites for hydroxylation is 1. The summed E-state index contributed by atoms with van der Waals surface area (Å²) in [5.74, 6) is 0. The van der Waals surface area contributed by atoms with Gasteiger partial charge in [0.1, 0.15) is 0 Å². The van der Waals surface area contributed by atoms with Gasteiger partial charge in [-0.05, 0) is 42.2 Å². The average Bonchev–Trinajstić information content (AvgIpc) is 2.49. The predicted molar refractivity (Wildman–Crippen MR) is 61.9 cm³/mol. The topological polar surface area (TPSA) is 20.2 Å². The number of hydrogen-bond acceptors (Lipinski definition) is 2. The minimum atomic E-state index is -0.261. The lowest BCUT2D eigenvalue weighted by Crippen LogP contribution is -2.03. The molecule has 0 amide bonds. The van der Waals surface area contributed by atoms with Crippen molar-refractivity contribution in [2.24, 2.45) is 0 Å². The summed E-state index contributed by atoms with van der Waals surface area (Å²) >= 11 is 1.77. The van der Waals surface area contributed by atoms with Crippen molar-refractivity contribution in [2.45, 2.75) is 26.4 Å². The van der Waals surface area contributed by atoms with Gasteiger partial charge < -0.3 is 5.11 Å². The van der Waals surface area contributed by atoms with Crippen LogP contribution in [0.4, 0.5) is 0 Å². The second kappa shape index (κ2) is 3.71. The van der Waals surface area contributed by atoms with E-state index >= 15 is 0 Å². The molecule has 0 saturated carbocycles. The Balaban J connectivity index is 2.54. The van der Waals surface area contributed by atoms with E-state index in [4.69, 9.17) is 0 Å². The van der Waals surface area contributed by atoms with Crippen LogP contribution in [0.5, 0.6) is 0 Å². The van der Waals surface area contributed by atoms with Crippen molar-refractivity contribution in [3.63, 3.8) is 0 Å². The minimum absolute atomic E-state index is 0.261. The van der Waals surface area contributed by atoms with E-state index < -0.39 is 0 Å². The third kappa shape index (κ3) is 1.68. The molecule has 0 bridgehead atoms. The lowest BCUT2D eigenvalue weighted by atomic mass is 10.1. The highest BCUT2D eigenvalue weighted by atomic mass is 32.1. The van der Waals surface area contributed by atoms with E-state index in [2.05, 4.69) is 30.5 Å². The van der Waals surface area contributed by atoms with Gasteiger partial charge in [-0.25, -0.2) is 0 Å². The van der Waals surface area contributed by atoms with Gasteiger partial charge in [-0.1, -0.05) is 18.2 Å². The van der Waals surface area contributed by atoms with Crippen LogP contribution in [0.1, 0.15) is 18.1 Å². The highest BCUT2D eigenvalue weighted by molar-refractivity contribution is 7.17. The Hall–Kier alpha value is -0.860. The molecule has 1 aromatic heterocycles. The van der Waals surface area contributed by atoms with Crippen LogP contribution in [-0.2, 0) is 6.42 Å². The fraction of sp³-hybridized carbons (Fsp3) is 0.333. The smallest absolute Gasteiger partial charge is 0.0552 e. The Morgan fingerprint density at radius 2 is 2.21 bits per heavy atom. The van der Waals surface area contributed by atoms with Crippen LogP contribution in [-0.4, -0.2) is 11.2 Å². The van der Waals surface area contributed by atoms with E-state index in [1.54, 1.807) is 11.3 Å². The van der Waals surface area contributed by atoms with E-state index in [-0.39, 0.29) is 6.10 Å². The SMILES string of the molecule is Cc1csc2c(CC(C)O)cccc12. The van der Waals surface area contributed by atoms with Gasteiger partial charge >= 0.3 is 0 Å². The molecule has 1 aromatic carbocycles. The van der Waals surface area contributed by atoms with Gasteiger partial charge in [-0.15, -0.1) is 11.3 Å². The highest BCUT2D eigenvalue weighted by Crippen LogP contribution is 2.29. The van der Waals surface area contributed by atoms with Gasteiger partial charge in [0.05, 0.1) is 6.10 Å². The van der Waals surface area contributed by atoms with Crippen molar-refractivity contribution in [2.75, 3.05) is 0 Å². The zero-order chi connectivity index (χ0) is 10.1. The van der Waals surface area contributed by atoms with Crippen LogP contribution in [0.2, 0.25) is 0 Å². The molecule has 0 fully saturated rings. The first-order chi connectivity index (χ1) is 6.68. The lowest BCUT2D eigenvalue weighted by molar-refractivity contribution is 0.196. The van der Waals surface area contributed by atoms with E-state index in [1.807, 2.05) is 6.92 Å². The molecule has 0 aliphatic rings. The molecule has 0 spiro atoms. The molecule has 0 radical (unpaired) electrons. The van der Waals surface area contributed by atoms with Crippen molar-refractivity contribution >= 4 is 21.4 Å². The molecule has 14 heavy (non-hydrogen) atoms. The summed E-state index contributed by atoms with van der Waals surface area (Å²) in [6.45, 7) is 3.96. The van der Waals surface area contributed by atoms with Gasteiger partial charge in [-0.3, -0.25) is 0 Å². The second-order valence-corrected chi connectivity index (χ2v) is 4.65. The molecule has 0 saturated heterocycles. The molecule has 1 unspecified atom stereocenters. The molecule has 0 aliphatic carbocycles. The minimum Gasteiger partial charge on any atom is -0.393 e. The predicted octanol–water partition coefficient (Wildman–Crippen LogP) is 3.13. The summed E-state index contributed by atoms with van der Waals surface area (Å²) in [5.41, 5.74) is 2.59. The first kappa shape index (κ1) is 9.69. The normalized spacial score (nSPS) is 13.4. The standard InChI is InChI=1S/C12H14OS/c1-8-7-14-12-10(6-9(2)13)4-3-5-11(8)12/h3-5,7,9,13H,6H2,1-2H3. The van der Waals surface area contributed by atoms with Crippen LogP contribution < -0.4 is 0 Å². The Bertz CT molecular complexity index is 443. The zero-order valence-electron chi connectivity index (χ0n) is 8.45. The van der Waals surface area contributed by atoms with Crippen LogP contribution in [0.25, 0.3) is 10.1 Å². The highest BCUT2D eigenvalue weighted by Gasteiger charge is 2.06. The number of aliphatic hydroxyl groups excluding tert-OH is 1. The molecule has 0 aliphatic heterocycles. The maximum atomic E-state index is 9.38. The second-order valence-electron chi connectivity index (χ2n) is 3.77. The molecule has 74 valence electrons. The van der Waals surface area contributed by atoms with E-state index in [1.165, 1.54) is 21.2 Å². The number of fused-ring (bicyclic) bond motifs is 1. The largest absolute Gasteiger partial charge is 0.393 e. The van der Waals surface area contributed by atoms with Crippen LogP contribution >= 0.6 is 11.3 Å². The molecule has 2 heteroatoms. The molecule has 1 nitrogen and oxygen atoms in total. The Kier molecular flexibility index (Phi) is 2.57. The van der Waals surface area contributed by atoms with Gasteiger partial charge in [0.2, 0.25) is 0 Å². The summed E-state index contributed by atoms with van der Waals surface area (Å²) in [4.78, 5) is 0. The monoisotopic (exact) mass is 206 g/mol. The van der Waals surface area contributed by atoms with Crippen molar-refractivity contribution in [3.05, 3.63) is 34.7 Å². The maximum Gasteiger partial charge on any atom is 0.0552 e. The summed E-state index contributed by atoms with van der Waals surface area (Å²) in [6, 6.07) is 6.32. The number of aliphatic hydroxyl groups is 1. The number of thiophene rings is 1. The zero-order valence-corrected chi connectivity index (χ0v) is 9.27. The molecular formula is C12H14OS. The Morgan fingerprint density at radius 1 is 1.43 bits per heavy atom. The van der Waals surface area contributed by atoms with Gasteiger partial charge in [0, 0.05) is 4.70 Å². The van der Waals surface area contributed by atoms with Gasteiger partial charge in [0.15, 0.2) is 0 Å². The number of rotatable bonds is 2.